The van der Waals surface area contributed by atoms with E-state index in [1.54, 1.807) is 0 Å². The van der Waals surface area contributed by atoms with Crippen LogP contribution in [0.4, 0.5) is 0 Å². The Morgan fingerprint density at radius 2 is 2.00 bits per heavy atom. The molecule has 0 heterocycles. The van der Waals surface area contributed by atoms with Crippen molar-refractivity contribution in [3.63, 3.8) is 0 Å². The van der Waals surface area contributed by atoms with Crippen LogP contribution in [0.5, 0.6) is 0 Å². The lowest BCUT2D eigenvalue weighted by Crippen LogP contribution is -2.35. The predicted molar refractivity (Wildman–Crippen MR) is 74.2 cm³/mol. The highest BCUT2D eigenvalue weighted by molar-refractivity contribution is 5.92. The third kappa shape index (κ3) is 3.93. The minimum Gasteiger partial charge on any atom is -0.481 e. The lowest BCUT2D eigenvalue weighted by molar-refractivity contribution is -0.139. The van der Waals surface area contributed by atoms with Crippen LogP contribution >= 0.6 is 0 Å². The van der Waals surface area contributed by atoms with Gasteiger partial charge in [-0.05, 0) is 30.3 Å². The summed E-state index contributed by atoms with van der Waals surface area (Å²) in [7, 11) is 0. The van der Waals surface area contributed by atoms with Crippen molar-refractivity contribution in [3.05, 3.63) is 23.8 Å². The third-order valence-corrected chi connectivity index (χ3v) is 3.94. The number of hydrogen-bond donors (Lipinski definition) is 3. The van der Waals surface area contributed by atoms with E-state index in [-0.39, 0.29) is 23.3 Å². The van der Waals surface area contributed by atoms with E-state index in [4.69, 9.17) is 10.2 Å². The first kappa shape index (κ1) is 16.4. The first-order chi connectivity index (χ1) is 9.23. The smallest absolute Gasteiger partial charge is 0.331 e. The third-order valence-electron chi connectivity index (χ3n) is 3.94. The zero-order valence-electron chi connectivity index (χ0n) is 11.9. The molecule has 3 atom stereocenters. The highest BCUT2D eigenvalue weighted by Gasteiger charge is 2.35. The predicted octanol–water partition coefficient (Wildman–Crippen LogP) is 2.07. The fourth-order valence-corrected chi connectivity index (χ4v) is 2.79. The number of carboxylic acid groups (broad SMARTS) is 2. The molecular weight excluding hydrogens is 260 g/mol. The van der Waals surface area contributed by atoms with Crippen LogP contribution in [-0.2, 0) is 9.59 Å². The lowest BCUT2D eigenvalue weighted by Gasteiger charge is -2.37. The molecule has 3 unspecified atom stereocenters. The molecule has 112 valence electrons. The van der Waals surface area contributed by atoms with Crippen LogP contribution in [0.3, 0.4) is 0 Å². The summed E-state index contributed by atoms with van der Waals surface area (Å²) in [6, 6.07) is 0. The first-order valence-electron chi connectivity index (χ1n) is 6.75. The molecule has 0 amide bonds. The Morgan fingerprint density at radius 3 is 2.45 bits per heavy atom. The molecule has 5 nitrogen and oxygen atoms in total. The molecule has 20 heavy (non-hydrogen) atoms. The maximum absolute atomic E-state index is 11.1. The van der Waals surface area contributed by atoms with Gasteiger partial charge in [-0.3, -0.25) is 4.79 Å². The summed E-state index contributed by atoms with van der Waals surface area (Å²) in [6.45, 7) is 7.84. The van der Waals surface area contributed by atoms with E-state index >= 15 is 0 Å². The van der Waals surface area contributed by atoms with Crippen LogP contribution in [0.15, 0.2) is 23.8 Å². The molecule has 0 saturated heterocycles. The van der Waals surface area contributed by atoms with Gasteiger partial charge in [-0.2, -0.15) is 0 Å². The van der Waals surface area contributed by atoms with Gasteiger partial charge in [-0.15, -0.1) is 0 Å². The second kappa shape index (κ2) is 6.70. The Balaban J connectivity index is 3.10. The molecule has 0 spiro atoms. The molecular formula is C15H22O5. The van der Waals surface area contributed by atoms with Gasteiger partial charge in [0.25, 0.3) is 0 Å². The number of aliphatic carboxylic acids is 2. The Labute approximate surface area is 118 Å². The van der Waals surface area contributed by atoms with Crippen molar-refractivity contribution < 1.29 is 24.9 Å². The minimum atomic E-state index is -1.25. The largest absolute Gasteiger partial charge is 0.481 e. The minimum absolute atomic E-state index is 0.124. The standard InChI is InChI=1S/C15H22O5/c1-8(2)11-5-4-9(3)14(18)12(11)6-10(15(19)20)7-13(16)17/h6,8,11-12,14,18H,3-5,7H2,1-2H3,(H,16,17)(H,19,20). The normalized spacial score (nSPS) is 27.7. The van der Waals surface area contributed by atoms with Gasteiger partial charge in [0.05, 0.1) is 12.5 Å². The summed E-state index contributed by atoms with van der Waals surface area (Å²) in [5.41, 5.74) is 0.505. The number of hydrogen-bond acceptors (Lipinski definition) is 3. The Morgan fingerprint density at radius 1 is 1.40 bits per heavy atom. The topological polar surface area (TPSA) is 94.8 Å². The second-order valence-corrected chi connectivity index (χ2v) is 5.69. The van der Waals surface area contributed by atoms with Gasteiger partial charge in [-0.25, -0.2) is 4.79 Å². The van der Waals surface area contributed by atoms with E-state index < -0.39 is 24.5 Å². The Bertz CT molecular complexity index is 436. The highest BCUT2D eigenvalue weighted by atomic mass is 16.4. The molecule has 1 saturated carbocycles. The maximum atomic E-state index is 11.1. The number of carboxylic acids is 2. The molecule has 1 aliphatic rings. The zero-order chi connectivity index (χ0) is 15.4. The number of carbonyl (C=O) groups is 2. The summed E-state index contributed by atoms with van der Waals surface area (Å²) in [4.78, 5) is 21.9. The van der Waals surface area contributed by atoms with Crippen molar-refractivity contribution in [2.24, 2.45) is 17.8 Å². The highest BCUT2D eigenvalue weighted by Crippen LogP contribution is 2.39. The number of rotatable bonds is 5. The lowest BCUT2D eigenvalue weighted by atomic mass is 9.70. The van der Waals surface area contributed by atoms with Crippen LogP contribution in [-0.4, -0.2) is 33.4 Å². The van der Waals surface area contributed by atoms with Crippen molar-refractivity contribution >= 4 is 11.9 Å². The summed E-state index contributed by atoms with van der Waals surface area (Å²) in [5, 5.41) is 28.1. The van der Waals surface area contributed by atoms with Crippen molar-refractivity contribution in [2.45, 2.75) is 39.2 Å². The summed E-state index contributed by atoms with van der Waals surface area (Å²) in [6.07, 6.45) is 1.61. The van der Waals surface area contributed by atoms with Crippen molar-refractivity contribution in [1.82, 2.24) is 0 Å². The van der Waals surface area contributed by atoms with Gasteiger partial charge in [0.2, 0.25) is 0 Å². The fraction of sp³-hybridized carbons (Fsp3) is 0.600. The molecule has 0 radical (unpaired) electrons. The molecule has 1 aliphatic carbocycles. The van der Waals surface area contributed by atoms with Gasteiger partial charge in [-0.1, -0.05) is 26.5 Å². The monoisotopic (exact) mass is 282 g/mol. The van der Waals surface area contributed by atoms with Gasteiger partial charge >= 0.3 is 11.9 Å². The van der Waals surface area contributed by atoms with Gasteiger partial charge < -0.3 is 15.3 Å². The van der Waals surface area contributed by atoms with E-state index in [2.05, 4.69) is 6.58 Å². The summed E-state index contributed by atoms with van der Waals surface area (Å²) < 4.78 is 0. The van der Waals surface area contributed by atoms with Crippen LogP contribution in [0.2, 0.25) is 0 Å². The van der Waals surface area contributed by atoms with E-state index in [1.165, 1.54) is 6.08 Å². The number of aliphatic hydroxyl groups is 1. The molecule has 0 aromatic carbocycles. The zero-order valence-corrected chi connectivity index (χ0v) is 11.9. The van der Waals surface area contributed by atoms with E-state index in [1.807, 2.05) is 13.8 Å². The maximum Gasteiger partial charge on any atom is 0.331 e. The second-order valence-electron chi connectivity index (χ2n) is 5.69. The number of aliphatic hydroxyl groups excluding tert-OH is 1. The van der Waals surface area contributed by atoms with Crippen molar-refractivity contribution in [2.75, 3.05) is 0 Å². The molecule has 3 N–H and O–H groups in total. The fourth-order valence-electron chi connectivity index (χ4n) is 2.79. The van der Waals surface area contributed by atoms with E-state index in [9.17, 15) is 14.7 Å². The van der Waals surface area contributed by atoms with Crippen LogP contribution in [0.25, 0.3) is 0 Å². The van der Waals surface area contributed by atoms with E-state index in [0.29, 0.717) is 5.57 Å². The molecule has 0 aromatic heterocycles. The van der Waals surface area contributed by atoms with E-state index in [0.717, 1.165) is 12.8 Å². The first-order valence-corrected chi connectivity index (χ1v) is 6.75. The van der Waals surface area contributed by atoms with Crippen molar-refractivity contribution in [3.8, 4) is 0 Å². The Kier molecular flexibility index (Phi) is 5.51. The molecule has 1 fully saturated rings. The molecule has 5 heteroatoms. The van der Waals surface area contributed by atoms with Gasteiger partial charge in [0, 0.05) is 11.5 Å². The average Bonchev–Trinajstić information content (AvgIpc) is 2.32. The van der Waals surface area contributed by atoms with Gasteiger partial charge in [0.1, 0.15) is 0 Å². The van der Waals surface area contributed by atoms with Crippen LogP contribution in [0, 0.1) is 17.8 Å². The summed E-state index contributed by atoms with van der Waals surface area (Å²) in [5.74, 6) is -2.43. The van der Waals surface area contributed by atoms with Crippen LogP contribution in [0.1, 0.15) is 33.1 Å². The summed E-state index contributed by atoms with van der Waals surface area (Å²) >= 11 is 0. The molecule has 0 aromatic rings. The Hall–Kier alpha value is -1.62. The quantitative estimate of drug-likeness (QED) is 0.530. The van der Waals surface area contributed by atoms with Gasteiger partial charge in [0.15, 0.2) is 0 Å². The molecule has 0 aliphatic heterocycles. The average molecular weight is 282 g/mol. The SMILES string of the molecule is C=C1CCC(C(C)C)C(C=C(CC(=O)O)C(=O)O)C1O. The van der Waals surface area contributed by atoms with Crippen LogP contribution < -0.4 is 0 Å². The van der Waals surface area contributed by atoms with Crippen molar-refractivity contribution in [1.29, 1.82) is 0 Å². The molecule has 1 rings (SSSR count). The molecule has 0 bridgehead atoms.